The predicted octanol–water partition coefficient (Wildman–Crippen LogP) is 2.87. The van der Waals surface area contributed by atoms with Gasteiger partial charge in [-0.25, -0.2) is 4.98 Å². The van der Waals surface area contributed by atoms with Gasteiger partial charge in [-0.2, -0.15) is 0 Å². The maximum atomic E-state index is 5.50. The second-order valence-electron chi connectivity index (χ2n) is 3.49. The van der Waals surface area contributed by atoms with Gasteiger partial charge < -0.3 is 9.73 Å². The van der Waals surface area contributed by atoms with Crippen LogP contribution in [0.4, 0.5) is 5.00 Å². The van der Waals surface area contributed by atoms with E-state index in [0.29, 0.717) is 5.22 Å². The van der Waals surface area contributed by atoms with Gasteiger partial charge in [-0.05, 0) is 20.8 Å². The van der Waals surface area contributed by atoms with E-state index >= 15 is 0 Å². The van der Waals surface area contributed by atoms with Gasteiger partial charge >= 0.3 is 0 Å². The third kappa shape index (κ3) is 2.98. The molecule has 2 heterocycles. The molecule has 0 saturated heterocycles. The number of aryl methyl sites for hydroxylation is 2. The van der Waals surface area contributed by atoms with Crippen molar-refractivity contribution in [3.8, 4) is 0 Å². The molecule has 2 aromatic rings. The van der Waals surface area contributed by atoms with E-state index in [0.717, 1.165) is 34.4 Å². The summed E-state index contributed by atoms with van der Waals surface area (Å²) >= 11 is 2.92. The van der Waals surface area contributed by atoms with Crippen LogP contribution in [0.25, 0.3) is 0 Å². The summed E-state index contributed by atoms with van der Waals surface area (Å²) in [6.45, 7) is 6.79. The second kappa shape index (κ2) is 5.50. The molecule has 17 heavy (non-hydrogen) atoms. The Morgan fingerprint density at radius 3 is 2.88 bits per heavy atom. The average molecular weight is 270 g/mol. The maximum Gasteiger partial charge on any atom is 0.256 e. The minimum Gasteiger partial charge on any atom is -0.437 e. The summed E-state index contributed by atoms with van der Waals surface area (Å²) in [6.07, 6.45) is 0. The normalized spacial score (nSPS) is 10.8. The number of thioether (sulfide) groups is 1. The standard InChI is InChI=1S/C10H14N4OS2/c1-4-11-9-8(13-14-17-9)5-16-10-12-6(2)7(3)15-10/h11H,4-5H2,1-3H3. The summed E-state index contributed by atoms with van der Waals surface area (Å²) in [5.41, 5.74) is 1.89. The molecule has 0 bridgehead atoms. The first kappa shape index (κ1) is 12.4. The van der Waals surface area contributed by atoms with Crippen molar-refractivity contribution in [1.82, 2.24) is 14.6 Å². The highest BCUT2D eigenvalue weighted by Gasteiger charge is 2.11. The van der Waals surface area contributed by atoms with E-state index in [1.54, 1.807) is 0 Å². The minimum atomic E-state index is 0.690. The van der Waals surface area contributed by atoms with Crippen LogP contribution in [0.2, 0.25) is 0 Å². The van der Waals surface area contributed by atoms with Gasteiger partial charge in [-0.1, -0.05) is 16.3 Å². The van der Waals surface area contributed by atoms with Crippen molar-refractivity contribution >= 4 is 28.3 Å². The Morgan fingerprint density at radius 2 is 2.24 bits per heavy atom. The minimum absolute atomic E-state index is 0.690. The third-order valence-electron chi connectivity index (χ3n) is 2.23. The zero-order valence-corrected chi connectivity index (χ0v) is 11.6. The highest BCUT2D eigenvalue weighted by atomic mass is 32.2. The molecule has 0 amide bonds. The van der Waals surface area contributed by atoms with Gasteiger partial charge in [0, 0.05) is 18.1 Å². The molecule has 2 aromatic heterocycles. The molecule has 0 fully saturated rings. The molecule has 0 aromatic carbocycles. The van der Waals surface area contributed by atoms with Gasteiger partial charge in [0.1, 0.15) is 16.5 Å². The van der Waals surface area contributed by atoms with Crippen molar-refractivity contribution in [3.05, 3.63) is 17.1 Å². The molecule has 92 valence electrons. The lowest BCUT2D eigenvalue weighted by Crippen LogP contribution is -1.97. The van der Waals surface area contributed by atoms with Crippen LogP contribution in [0.3, 0.4) is 0 Å². The van der Waals surface area contributed by atoms with Crippen LogP contribution in [0.15, 0.2) is 9.64 Å². The van der Waals surface area contributed by atoms with Gasteiger partial charge in [0.05, 0.1) is 11.4 Å². The number of nitrogens with one attached hydrogen (secondary N) is 1. The van der Waals surface area contributed by atoms with E-state index in [1.165, 1.54) is 23.3 Å². The number of rotatable bonds is 5. The van der Waals surface area contributed by atoms with Crippen LogP contribution in [-0.2, 0) is 5.75 Å². The molecule has 7 heteroatoms. The van der Waals surface area contributed by atoms with Crippen LogP contribution in [-0.4, -0.2) is 21.1 Å². The summed E-state index contributed by atoms with van der Waals surface area (Å²) in [5, 5.41) is 9.05. The fraction of sp³-hybridized carbons (Fsp3) is 0.500. The van der Waals surface area contributed by atoms with Gasteiger partial charge in [-0.15, -0.1) is 5.10 Å². The number of oxazole rings is 1. The van der Waals surface area contributed by atoms with Crippen molar-refractivity contribution in [2.45, 2.75) is 31.7 Å². The van der Waals surface area contributed by atoms with E-state index < -0.39 is 0 Å². The topological polar surface area (TPSA) is 63.8 Å². The maximum absolute atomic E-state index is 5.50. The number of nitrogens with zero attached hydrogens (tertiary/aromatic N) is 3. The summed E-state index contributed by atoms with van der Waals surface area (Å²) in [4.78, 5) is 4.32. The largest absolute Gasteiger partial charge is 0.437 e. The predicted molar refractivity (Wildman–Crippen MR) is 69.6 cm³/mol. The van der Waals surface area contributed by atoms with Crippen LogP contribution in [0, 0.1) is 13.8 Å². The van der Waals surface area contributed by atoms with Crippen LogP contribution < -0.4 is 5.32 Å². The van der Waals surface area contributed by atoms with Gasteiger partial charge in [0.15, 0.2) is 0 Å². The molecular formula is C10H14N4OS2. The Labute approximate surface area is 108 Å². The SMILES string of the molecule is CCNc1snnc1CSc1nc(C)c(C)o1. The molecule has 0 spiro atoms. The zero-order chi connectivity index (χ0) is 12.3. The summed E-state index contributed by atoms with van der Waals surface area (Å²) in [5.74, 6) is 1.59. The molecule has 0 aliphatic heterocycles. The fourth-order valence-electron chi connectivity index (χ4n) is 1.23. The molecule has 0 saturated carbocycles. The first-order chi connectivity index (χ1) is 8.20. The van der Waals surface area contributed by atoms with E-state index in [1.807, 2.05) is 13.8 Å². The monoisotopic (exact) mass is 270 g/mol. The van der Waals surface area contributed by atoms with E-state index in [4.69, 9.17) is 4.42 Å². The molecule has 0 radical (unpaired) electrons. The first-order valence-electron chi connectivity index (χ1n) is 5.32. The summed E-state index contributed by atoms with van der Waals surface area (Å²) in [7, 11) is 0. The Hall–Kier alpha value is -1.08. The van der Waals surface area contributed by atoms with Gasteiger partial charge in [0.2, 0.25) is 0 Å². The average Bonchev–Trinajstić information content (AvgIpc) is 2.85. The van der Waals surface area contributed by atoms with Crippen molar-refractivity contribution in [2.24, 2.45) is 0 Å². The van der Waals surface area contributed by atoms with Gasteiger partial charge in [0.25, 0.3) is 5.22 Å². The molecule has 0 aliphatic carbocycles. The highest BCUT2D eigenvalue weighted by Crippen LogP contribution is 2.27. The van der Waals surface area contributed by atoms with Crippen LogP contribution in [0.1, 0.15) is 24.1 Å². The molecule has 5 nitrogen and oxygen atoms in total. The Kier molecular flexibility index (Phi) is 4.01. The van der Waals surface area contributed by atoms with Crippen molar-refractivity contribution in [3.63, 3.8) is 0 Å². The fourth-order valence-corrected chi connectivity index (χ4v) is 2.82. The summed E-state index contributed by atoms with van der Waals surface area (Å²) in [6, 6.07) is 0. The molecule has 2 rings (SSSR count). The number of anilines is 1. The Balaban J connectivity index is 1.99. The second-order valence-corrected chi connectivity index (χ2v) is 5.17. The van der Waals surface area contributed by atoms with E-state index in [2.05, 4.69) is 26.8 Å². The Bertz CT molecular complexity index is 475. The quantitative estimate of drug-likeness (QED) is 0.843. The van der Waals surface area contributed by atoms with E-state index in [-0.39, 0.29) is 0 Å². The van der Waals surface area contributed by atoms with Crippen molar-refractivity contribution in [1.29, 1.82) is 0 Å². The number of hydrogen-bond donors (Lipinski definition) is 1. The van der Waals surface area contributed by atoms with Gasteiger partial charge in [-0.3, -0.25) is 0 Å². The number of aromatic nitrogens is 3. The zero-order valence-electron chi connectivity index (χ0n) is 9.98. The first-order valence-corrected chi connectivity index (χ1v) is 7.08. The number of hydrogen-bond acceptors (Lipinski definition) is 7. The molecule has 0 aliphatic rings. The highest BCUT2D eigenvalue weighted by molar-refractivity contribution is 7.98. The molecule has 0 atom stereocenters. The lowest BCUT2D eigenvalue weighted by molar-refractivity contribution is 0.431. The molecular weight excluding hydrogens is 256 g/mol. The van der Waals surface area contributed by atoms with Crippen molar-refractivity contribution < 1.29 is 4.42 Å². The lowest BCUT2D eigenvalue weighted by atomic mass is 10.4. The van der Waals surface area contributed by atoms with Crippen LogP contribution >= 0.6 is 23.3 Å². The smallest absolute Gasteiger partial charge is 0.256 e. The molecule has 0 unspecified atom stereocenters. The summed E-state index contributed by atoms with van der Waals surface area (Å²) < 4.78 is 9.44. The Morgan fingerprint density at radius 1 is 1.41 bits per heavy atom. The molecule has 1 N–H and O–H groups in total. The van der Waals surface area contributed by atoms with E-state index in [9.17, 15) is 0 Å². The van der Waals surface area contributed by atoms with Crippen LogP contribution in [0.5, 0.6) is 0 Å². The third-order valence-corrected chi connectivity index (χ3v) is 3.80. The van der Waals surface area contributed by atoms with Crippen molar-refractivity contribution in [2.75, 3.05) is 11.9 Å². The lowest BCUT2D eigenvalue weighted by Gasteiger charge is -1.99.